The van der Waals surface area contributed by atoms with Gasteiger partial charge in [0.1, 0.15) is 5.69 Å². The normalized spacial score (nSPS) is 11.1. The molecule has 4 heteroatoms. The SMILES string of the molecule is Cc1ccc(Nc2ccnc(C(=O)NC(C)(C)C)c2)c(C)c1. The van der Waals surface area contributed by atoms with Crippen LogP contribution in [0, 0.1) is 13.8 Å². The quantitative estimate of drug-likeness (QED) is 0.901. The van der Waals surface area contributed by atoms with Crippen LogP contribution in [0.15, 0.2) is 36.5 Å². The molecule has 0 spiro atoms. The lowest BCUT2D eigenvalue weighted by atomic mass is 10.1. The van der Waals surface area contributed by atoms with Crippen molar-refractivity contribution in [2.24, 2.45) is 0 Å². The first kappa shape index (κ1) is 16.0. The maximum absolute atomic E-state index is 12.2. The molecular weight excluding hydrogens is 274 g/mol. The monoisotopic (exact) mass is 297 g/mol. The summed E-state index contributed by atoms with van der Waals surface area (Å²) in [6, 6.07) is 9.84. The number of nitrogens with one attached hydrogen (secondary N) is 2. The summed E-state index contributed by atoms with van der Waals surface area (Å²) in [4.78, 5) is 16.3. The van der Waals surface area contributed by atoms with Gasteiger partial charge in [-0.2, -0.15) is 0 Å². The number of carbonyl (C=O) groups is 1. The van der Waals surface area contributed by atoms with Crippen molar-refractivity contribution in [1.82, 2.24) is 10.3 Å². The Morgan fingerprint density at radius 3 is 2.45 bits per heavy atom. The van der Waals surface area contributed by atoms with Gasteiger partial charge >= 0.3 is 0 Å². The molecule has 0 saturated heterocycles. The fourth-order valence-corrected chi connectivity index (χ4v) is 2.15. The van der Waals surface area contributed by atoms with Crippen LogP contribution in [0.4, 0.5) is 11.4 Å². The number of pyridine rings is 1. The van der Waals surface area contributed by atoms with Crippen LogP contribution < -0.4 is 10.6 Å². The summed E-state index contributed by atoms with van der Waals surface area (Å²) in [6.45, 7) is 9.97. The van der Waals surface area contributed by atoms with Crippen LogP contribution in [-0.4, -0.2) is 16.4 Å². The number of hydrogen-bond donors (Lipinski definition) is 2. The summed E-state index contributed by atoms with van der Waals surface area (Å²) in [5.41, 5.74) is 4.39. The number of aromatic nitrogens is 1. The number of anilines is 2. The van der Waals surface area contributed by atoms with Crippen molar-refractivity contribution in [2.45, 2.75) is 40.2 Å². The van der Waals surface area contributed by atoms with Gasteiger partial charge < -0.3 is 10.6 Å². The number of rotatable bonds is 3. The van der Waals surface area contributed by atoms with E-state index in [9.17, 15) is 4.79 Å². The molecule has 2 rings (SSSR count). The highest BCUT2D eigenvalue weighted by Crippen LogP contribution is 2.21. The van der Waals surface area contributed by atoms with E-state index in [1.807, 2.05) is 32.9 Å². The molecule has 1 amide bonds. The maximum Gasteiger partial charge on any atom is 0.270 e. The number of aryl methyl sites for hydroxylation is 2. The number of nitrogens with zero attached hydrogens (tertiary/aromatic N) is 1. The van der Waals surface area contributed by atoms with Crippen molar-refractivity contribution in [3.05, 3.63) is 53.3 Å². The van der Waals surface area contributed by atoms with Gasteiger partial charge in [-0.25, -0.2) is 0 Å². The zero-order chi connectivity index (χ0) is 16.3. The van der Waals surface area contributed by atoms with Gasteiger partial charge in [-0.3, -0.25) is 9.78 Å². The highest BCUT2D eigenvalue weighted by atomic mass is 16.2. The van der Waals surface area contributed by atoms with Crippen LogP contribution in [0.2, 0.25) is 0 Å². The maximum atomic E-state index is 12.2. The highest BCUT2D eigenvalue weighted by Gasteiger charge is 2.16. The summed E-state index contributed by atoms with van der Waals surface area (Å²) >= 11 is 0. The summed E-state index contributed by atoms with van der Waals surface area (Å²) in [6.07, 6.45) is 1.64. The Labute approximate surface area is 132 Å². The molecule has 2 aromatic rings. The Balaban J connectivity index is 2.20. The van der Waals surface area contributed by atoms with Crippen LogP contribution >= 0.6 is 0 Å². The van der Waals surface area contributed by atoms with E-state index in [1.165, 1.54) is 5.56 Å². The lowest BCUT2D eigenvalue weighted by molar-refractivity contribution is 0.0914. The van der Waals surface area contributed by atoms with Gasteiger partial charge in [-0.1, -0.05) is 17.7 Å². The fourth-order valence-electron chi connectivity index (χ4n) is 2.15. The Kier molecular flexibility index (Phi) is 4.50. The highest BCUT2D eigenvalue weighted by molar-refractivity contribution is 5.93. The average molecular weight is 297 g/mol. The van der Waals surface area contributed by atoms with E-state index in [0.29, 0.717) is 5.69 Å². The van der Waals surface area contributed by atoms with Gasteiger partial charge in [-0.05, 0) is 58.4 Å². The molecular formula is C18H23N3O. The van der Waals surface area contributed by atoms with Crippen molar-refractivity contribution in [2.75, 3.05) is 5.32 Å². The Hall–Kier alpha value is -2.36. The van der Waals surface area contributed by atoms with Gasteiger partial charge in [0, 0.05) is 23.1 Å². The summed E-state index contributed by atoms with van der Waals surface area (Å²) in [5.74, 6) is -0.170. The molecule has 0 radical (unpaired) electrons. The third-order valence-corrected chi connectivity index (χ3v) is 3.14. The number of amides is 1. The topological polar surface area (TPSA) is 54.0 Å². The summed E-state index contributed by atoms with van der Waals surface area (Å²) in [7, 11) is 0. The minimum Gasteiger partial charge on any atom is -0.355 e. The molecule has 0 aliphatic rings. The van der Waals surface area contributed by atoms with Crippen molar-refractivity contribution >= 4 is 17.3 Å². The van der Waals surface area contributed by atoms with Crippen LogP contribution in [0.3, 0.4) is 0 Å². The predicted octanol–water partition coefficient (Wildman–Crippen LogP) is 3.97. The van der Waals surface area contributed by atoms with Crippen molar-refractivity contribution < 1.29 is 4.79 Å². The molecule has 2 N–H and O–H groups in total. The Morgan fingerprint density at radius 1 is 1.09 bits per heavy atom. The zero-order valence-corrected chi connectivity index (χ0v) is 13.8. The summed E-state index contributed by atoms with van der Waals surface area (Å²) < 4.78 is 0. The zero-order valence-electron chi connectivity index (χ0n) is 13.8. The molecule has 0 aliphatic heterocycles. The molecule has 0 saturated carbocycles. The number of benzene rings is 1. The molecule has 116 valence electrons. The second kappa shape index (κ2) is 6.18. The smallest absolute Gasteiger partial charge is 0.270 e. The summed E-state index contributed by atoms with van der Waals surface area (Å²) in [5, 5.41) is 6.25. The van der Waals surface area contributed by atoms with E-state index in [4.69, 9.17) is 0 Å². The van der Waals surface area contributed by atoms with Crippen LogP contribution in [0.25, 0.3) is 0 Å². The Bertz CT molecular complexity index is 687. The van der Waals surface area contributed by atoms with Crippen LogP contribution in [0.1, 0.15) is 42.4 Å². The Morgan fingerprint density at radius 2 is 1.82 bits per heavy atom. The first-order valence-electron chi connectivity index (χ1n) is 7.37. The van der Waals surface area contributed by atoms with E-state index >= 15 is 0 Å². The van der Waals surface area contributed by atoms with Gasteiger partial charge in [0.15, 0.2) is 0 Å². The average Bonchev–Trinajstić information content (AvgIpc) is 2.40. The molecule has 0 fully saturated rings. The van der Waals surface area contributed by atoms with Gasteiger partial charge in [0.25, 0.3) is 5.91 Å². The first-order valence-corrected chi connectivity index (χ1v) is 7.37. The van der Waals surface area contributed by atoms with Gasteiger partial charge in [0.2, 0.25) is 0 Å². The van der Waals surface area contributed by atoms with E-state index in [2.05, 4.69) is 41.6 Å². The molecule has 0 unspecified atom stereocenters. The minimum atomic E-state index is -0.282. The molecule has 0 atom stereocenters. The largest absolute Gasteiger partial charge is 0.355 e. The second-order valence-electron chi connectivity index (χ2n) is 6.58. The molecule has 4 nitrogen and oxygen atoms in total. The van der Waals surface area contributed by atoms with Gasteiger partial charge in [-0.15, -0.1) is 0 Å². The first-order chi connectivity index (χ1) is 10.2. The number of carbonyl (C=O) groups excluding carboxylic acids is 1. The van der Waals surface area contributed by atoms with E-state index in [1.54, 1.807) is 12.3 Å². The lowest BCUT2D eigenvalue weighted by Gasteiger charge is -2.20. The third kappa shape index (κ3) is 4.32. The number of hydrogen-bond acceptors (Lipinski definition) is 3. The van der Waals surface area contributed by atoms with Crippen molar-refractivity contribution in [1.29, 1.82) is 0 Å². The predicted molar refractivity (Wildman–Crippen MR) is 90.7 cm³/mol. The molecule has 1 aromatic carbocycles. The van der Waals surface area contributed by atoms with Crippen molar-refractivity contribution in [3.63, 3.8) is 0 Å². The van der Waals surface area contributed by atoms with E-state index < -0.39 is 0 Å². The van der Waals surface area contributed by atoms with Gasteiger partial charge in [0.05, 0.1) is 0 Å². The molecule has 1 heterocycles. The molecule has 22 heavy (non-hydrogen) atoms. The van der Waals surface area contributed by atoms with E-state index in [-0.39, 0.29) is 11.4 Å². The van der Waals surface area contributed by atoms with Crippen LogP contribution in [0.5, 0.6) is 0 Å². The van der Waals surface area contributed by atoms with Crippen molar-refractivity contribution in [3.8, 4) is 0 Å². The van der Waals surface area contributed by atoms with Crippen LogP contribution in [-0.2, 0) is 0 Å². The standard InChI is InChI=1S/C18H23N3O/c1-12-6-7-15(13(2)10-12)20-14-8-9-19-16(11-14)17(22)21-18(3,4)5/h6-11H,1-5H3,(H,19,20)(H,21,22). The molecule has 0 aliphatic carbocycles. The lowest BCUT2D eigenvalue weighted by Crippen LogP contribution is -2.40. The molecule has 1 aromatic heterocycles. The third-order valence-electron chi connectivity index (χ3n) is 3.14. The molecule has 0 bridgehead atoms. The minimum absolute atomic E-state index is 0.170. The second-order valence-corrected chi connectivity index (χ2v) is 6.58. The fraction of sp³-hybridized carbons (Fsp3) is 0.333. The van der Waals surface area contributed by atoms with E-state index in [0.717, 1.165) is 16.9 Å².